The molecule has 2 rings (SSSR count). The van der Waals surface area contributed by atoms with Crippen LogP contribution in [0.5, 0.6) is 0 Å². The van der Waals surface area contributed by atoms with Crippen molar-refractivity contribution in [1.82, 2.24) is 15.2 Å². The van der Waals surface area contributed by atoms with E-state index in [4.69, 9.17) is 5.73 Å². The van der Waals surface area contributed by atoms with Crippen molar-refractivity contribution in [3.8, 4) is 0 Å². The van der Waals surface area contributed by atoms with Gasteiger partial charge in [-0.15, -0.1) is 5.10 Å². The molecule has 0 radical (unpaired) electrons. The summed E-state index contributed by atoms with van der Waals surface area (Å²) in [6, 6.07) is 8.64. The molecule has 1 aromatic carbocycles. The van der Waals surface area contributed by atoms with Gasteiger partial charge in [0.25, 0.3) is 5.91 Å². The summed E-state index contributed by atoms with van der Waals surface area (Å²) in [6.45, 7) is 0.440. The van der Waals surface area contributed by atoms with Crippen molar-refractivity contribution < 1.29 is 9.90 Å². The molecule has 0 aliphatic heterocycles. The average molecular weight is 261 g/mol. The summed E-state index contributed by atoms with van der Waals surface area (Å²) in [7, 11) is 0. The van der Waals surface area contributed by atoms with Crippen LogP contribution in [-0.2, 0) is 11.2 Å². The number of aromatic amines is 1. The first-order valence-electron chi connectivity index (χ1n) is 5.86. The van der Waals surface area contributed by atoms with Crippen LogP contribution in [0.3, 0.4) is 0 Å². The number of aliphatic hydroxyl groups is 1. The first-order chi connectivity index (χ1) is 9.20. The Morgan fingerprint density at radius 3 is 2.84 bits per heavy atom. The van der Waals surface area contributed by atoms with Gasteiger partial charge in [0.15, 0.2) is 6.10 Å². The lowest BCUT2D eigenvalue weighted by Gasteiger charge is -2.09. The van der Waals surface area contributed by atoms with E-state index in [0.29, 0.717) is 24.4 Å². The minimum atomic E-state index is -1.25. The number of carbonyl (C=O) groups is 1. The molecule has 0 aliphatic carbocycles. The van der Waals surface area contributed by atoms with Gasteiger partial charge in [-0.3, -0.25) is 15.2 Å². The molecule has 1 aromatic heterocycles. The van der Waals surface area contributed by atoms with Crippen LogP contribution in [0.4, 0.5) is 5.95 Å². The largest absolute Gasteiger partial charge is 0.378 e. The van der Waals surface area contributed by atoms with Crippen molar-refractivity contribution in [3.63, 3.8) is 0 Å². The molecular formula is C12H15N5O2. The minimum absolute atomic E-state index is 0.128. The van der Waals surface area contributed by atoms with Crippen molar-refractivity contribution in [3.05, 3.63) is 41.7 Å². The van der Waals surface area contributed by atoms with Gasteiger partial charge < -0.3 is 10.8 Å². The zero-order valence-corrected chi connectivity index (χ0v) is 10.2. The Kier molecular flexibility index (Phi) is 4.22. The number of hydrogen-bond donors (Lipinski definition) is 4. The third-order valence-corrected chi connectivity index (χ3v) is 2.51. The number of amides is 1. The predicted molar refractivity (Wildman–Crippen MR) is 69.2 cm³/mol. The van der Waals surface area contributed by atoms with Crippen molar-refractivity contribution >= 4 is 11.9 Å². The number of nitrogens with zero attached hydrogens (tertiary/aromatic N) is 2. The van der Waals surface area contributed by atoms with Crippen molar-refractivity contribution in [1.29, 1.82) is 0 Å². The molecule has 7 nitrogen and oxygen atoms in total. The molecule has 19 heavy (non-hydrogen) atoms. The van der Waals surface area contributed by atoms with Gasteiger partial charge in [-0.1, -0.05) is 30.3 Å². The van der Waals surface area contributed by atoms with Gasteiger partial charge in [0.2, 0.25) is 5.95 Å². The molecule has 1 heterocycles. The summed E-state index contributed by atoms with van der Waals surface area (Å²) in [5.41, 5.74) is 5.89. The van der Waals surface area contributed by atoms with E-state index < -0.39 is 12.0 Å². The number of nitrogens with two attached hydrogens (primary N) is 1. The number of hydrogen-bond acceptors (Lipinski definition) is 5. The summed E-state index contributed by atoms with van der Waals surface area (Å²) in [6.07, 6.45) is -0.706. The van der Waals surface area contributed by atoms with Crippen LogP contribution in [0.25, 0.3) is 0 Å². The summed E-state index contributed by atoms with van der Waals surface area (Å²) >= 11 is 0. The highest BCUT2D eigenvalue weighted by atomic mass is 16.3. The third kappa shape index (κ3) is 3.36. The molecule has 0 bridgehead atoms. The maximum absolute atomic E-state index is 11.8. The van der Waals surface area contributed by atoms with Crippen molar-refractivity contribution in [2.75, 3.05) is 11.9 Å². The van der Waals surface area contributed by atoms with Gasteiger partial charge >= 0.3 is 0 Å². The summed E-state index contributed by atoms with van der Waals surface area (Å²) in [5, 5.41) is 18.8. The van der Waals surface area contributed by atoms with Crippen molar-refractivity contribution in [2.45, 2.75) is 12.5 Å². The highest BCUT2D eigenvalue weighted by molar-refractivity contribution is 5.93. The Morgan fingerprint density at radius 2 is 2.16 bits per heavy atom. The highest BCUT2D eigenvalue weighted by Gasteiger charge is 2.18. The van der Waals surface area contributed by atoms with E-state index >= 15 is 0 Å². The highest BCUT2D eigenvalue weighted by Crippen LogP contribution is 2.13. The van der Waals surface area contributed by atoms with E-state index in [-0.39, 0.29) is 5.95 Å². The molecule has 5 N–H and O–H groups in total. The molecule has 100 valence electrons. The Balaban J connectivity index is 2.00. The number of carbonyl (C=O) groups excluding carboxylic acids is 1. The molecule has 1 amide bonds. The van der Waals surface area contributed by atoms with Crippen molar-refractivity contribution in [2.24, 2.45) is 5.73 Å². The van der Waals surface area contributed by atoms with Crippen LogP contribution in [0.2, 0.25) is 0 Å². The van der Waals surface area contributed by atoms with Crippen LogP contribution in [0, 0.1) is 0 Å². The lowest BCUT2D eigenvalue weighted by Crippen LogP contribution is -2.21. The van der Waals surface area contributed by atoms with Crippen LogP contribution < -0.4 is 11.1 Å². The molecule has 7 heteroatoms. The summed E-state index contributed by atoms with van der Waals surface area (Å²) < 4.78 is 0. The Morgan fingerprint density at radius 1 is 1.42 bits per heavy atom. The molecule has 1 unspecified atom stereocenters. The predicted octanol–water partition coefficient (Wildman–Crippen LogP) is -0.0220. The second-order valence-corrected chi connectivity index (χ2v) is 3.95. The number of aromatic nitrogens is 3. The molecule has 0 saturated carbocycles. The number of benzene rings is 1. The Hall–Kier alpha value is -2.25. The Labute approximate surface area is 109 Å². The van der Waals surface area contributed by atoms with Crippen LogP contribution in [0.15, 0.2) is 30.3 Å². The maximum atomic E-state index is 11.8. The normalized spacial score (nSPS) is 12.1. The smallest absolute Gasteiger partial charge is 0.260 e. The van der Waals surface area contributed by atoms with Crippen LogP contribution >= 0.6 is 0 Å². The third-order valence-electron chi connectivity index (χ3n) is 2.51. The first-order valence-corrected chi connectivity index (χ1v) is 5.86. The van der Waals surface area contributed by atoms with Gasteiger partial charge in [-0.05, 0) is 12.1 Å². The molecule has 1 atom stereocenters. The minimum Gasteiger partial charge on any atom is -0.378 e. The van der Waals surface area contributed by atoms with E-state index in [1.54, 1.807) is 24.3 Å². The number of nitrogens with one attached hydrogen (secondary N) is 2. The van der Waals surface area contributed by atoms with Gasteiger partial charge in [-0.25, -0.2) is 0 Å². The van der Waals surface area contributed by atoms with Gasteiger partial charge in [0.05, 0.1) is 0 Å². The molecule has 0 saturated heterocycles. The van der Waals surface area contributed by atoms with E-state index in [9.17, 15) is 9.90 Å². The molecule has 0 aliphatic rings. The molecule has 2 aromatic rings. The molecule has 0 spiro atoms. The van der Waals surface area contributed by atoms with E-state index in [0.717, 1.165) is 0 Å². The van der Waals surface area contributed by atoms with E-state index in [1.165, 1.54) is 0 Å². The molecular weight excluding hydrogens is 246 g/mol. The van der Waals surface area contributed by atoms with Gasteiger partial charge in [-0.2, -0.15) is 4.98 Å². The number of aliphatic hydroxyl groups excluding tert-OH is 1. The standard InChI is InChI=1S/C12H15N5O2/c13-7-6-9-14-12(17-16-9)15-11(19)10(18)8-4-2-1-3-5-8/h1-5,10,18H,6-7,13H2,(H2,14,15,16,17,19). The van der Waals surface area contributed by atoms with Gasteiger partial charge in [0, 0.05) is 6.42 Å². The zero-order valence-electron chi connectivity index (χ0n) is 10.2. The molecule has 0 fully saturated rings. The van der Waals surface area contributed by atoms with E-state index in [2.05, 4.69) is 20.5 Å². The van der Waals surface area contributed by atoms with Crippen LogP contribution in [0.1, 0.15) is 17.5 Å². The number of H-pyrrole nitrogens is 1. The SMILES string of the molecule is NCCc1nc(NC(=O)C(O)c2ccccc2)n[nH]1. The number of anilines is 1. The Bertz CT molecular complexity index is 540. The second kappa shape index (κ2) is 6.07. The fraction of sp³-hybridized carbons (Fsp3) is 0.250. The quantitative estimate of drug-likeness (QED) is 0.603. The van der Waals surface area contributed by atoms with E-state index in [1.807, 2.05) is 6.07 Å². The maximum Gasteiger partial charge on any atom is 0.260 e. The lowest BCUT2D eigenvalue weighted by molar-refractivity contribution is -0.124. The monoisotopic (exact) mass is 261 g/mol. The lowest BCUT2D eigenvalue weighted by atomic mass is 10.1. The fourth-order valence-electron chi connectivity index (χ4n) is 1.56. The fourth-order valence-corrected chi connectivity index (χ4v) is 1.56. The topological polar surface area (TPSA) is 117 Å². The summed E-state index contributed by atoms with van der Waals surface area (Å²) in [5.74, 6) is 0.139. The van der Waals surface area contributed by atoms with Gasteiger partial charge in [0.1, 0.15) is 5.82 Å². The van der Waals surface area contributed by atoms with Crippen LogP contribution in [-0.4, -0.2) is 32.7 Å². The number of rotatable bonds is 5. The summed E-state index contributed by atoms with van der Waals surface area (Å²) in [4.78, 5) is 15.8. The second-order valence-electron chi connectivity index (χ2n) is 3.95. The average Bonchev–Trinajstić information content (AvgIpc) is 2.86. The first kappa shape index (κ1) is 13.2. The zero-order chi connectivity index (χ0) is 13.7.